The number of carbonyl (C=O) groups is 3. The minimum absolute atomic E-state index is 0.00595. The van der Waals surface area contributed by atoms with Gasteiger partial charge in [0.1, 0.15) is 33.2 Å². The van der Waals surface area contributed by atoms with Gasteiger partial charge in [-0.2, -0.15) is 0 Å². The van der Waals surface area contributed by atoms with E-state index in [0.717, 1.165) is 79.2 Å². The summed E-state index contributed by atoms with van der Waals surface area (Å²) in [7, 11) is 3.35. The van der Waals surface area contributed by atoms with Crippen LogP contribution in [0.3, 0.4) is 0 Å². The second-order valence-electron chi connectivity index (χ2n) is 19.2. The van der Waals surface area contributed by atoms with E-state index < -0.39 is 0 Å². The zero-order valence-electron chi connectivity index (χ0n) is 46.2. The molecule has 0 radical (unpaired) electrons. The molecule has 5 aromatic carbocycles. The van der Waals surface area contributed by atoms with Crippen molar-refractivity contribution in [2.24, 2.45) is 0 Å². The Morgan fingerprint density at radius 3 is 1.46 bits per heavy atom. The van der Waals surface area contributed by atoms with E-state index in [1.807, 2.05) is 60.7 Å². The van der Waals surface area contributed by atoms with Crippen molar-refractivity contribution in [1.29, 1.82) is 0 Å². The van der Waals surface area contributed by atoms with E-state index in [-0.39, 0.29) is 17.7 Å². The van der Waals surface area contributed by atoms with Gasteiger partial charge in [0.15, 0.2) is 11.6 Å². The molecule has 3 amide bonds. The monoisotopic (exact) mass is 1250 g/mol. The van der Waals surface area contributed by atoms with Crippen molar-refractivity contribution in [3.63, 3.8) is 0 Å². The molecule has 0 saturated heterocycles. The first kappa shape index (κ1) is 57.9. The Bertz CT molecular complexity index is 4210. The number of hydrogen-bond donors (Lipinski definition) is 3. The molecular formula is C65H51Br2N13O5. The van der Waals surface area contributed by atoms with Crippen molar-refractivity contribution >= 4 is 61.5 Å². The Morgan fingerprint density at radius 2 is 0.941 bits per heavy atom. The molecule has 0 fully saturated rings. The Morgan fingerprint density at radius 1 is 0.482 bits per heavy atom. The smallest absolute Gasteiger partial charge is 0.251 e. The predicted octanol–water partition coefficient (Wildman–Crippen LogP) is 9.57. The summed E-state index contributed by atoms with van der Waals surface area (Å²) in [5.41, 5.74) is 13.8. The summed E-state index contributed by atoms with van der Waals surface area (Å²) >= 11 is 6.71. The number of rotatable bonds is 6. The number of halogens is 2. The molecule has 9 heterocycles. The highest BCUT2D eigenvalue weighted by Gasteiger charge is 2.25. The maximum absolute atomic E-state index is 11.7. The molecule has 0 atom stereocenters. The van der Waals surface area contributed by atoms with E-state index in [1.165, 1.54) is 22.3 Å². The van der Waals surface area contributed by atoms with E-state index in [1.54, 1.807) is 76.3 Å². The van der Waals surface area contributed by atoms with Gasteiger partial charge in [-0.05, 0) is 171 Å². The summed E-state index contributed by atoms with van der Waals surface area (Å²) < 4.78 is 12.4. The largest absolute Gasteiger partial charge is 0.497 e. The molecule has 20 heteroatoms. The van der Waals surface area contributed by atoms with Gasteiger partial charge in [0.25, 0.3) is 17.7 Å². The highest BCUT2D eigenvalue weighted by molar-refractivity contribution is 9.10. The number of aromatic nitrogens is 8. The zero-order chi connectivity index (χ0) is 59.4. The van der Waals surface area contributed by atoms with E-state index in [4.69, 9.17) is 20.9 Å². The summed E-state index contributed by atoms with van der Waals surface area (Å²) in [5.74, 6) is 15.1. The minimum Gasteiger partial charge on any atom is -0.497 e. The van der Waals surface area contributed by atoms with Crippen LogP contribution in [0.25, 0.3) is 23.0 Å². The van der Waals surface area contributed by atoms with Gasteiger partial charge in [0, 0.05) is 103 Å². The number of hydrogen-bond acceptors (Lipinski definition) is 15. The molecule has 0 aliphatic carbocycles. The van der Waals surface area contributed by atoms with Gasteiger partial charge in [-0.1, -0.05) is 39.9 Å². The zero-order valence-corrected chi connectivity index (χ0v) is 49.3. The van der Waals surface area contributed by atoms with Crippen LogP contribution in [0.15, 0.2) is 149 Å². The summed E-state index contributed by atoms with van der Waals surface area (Å²) in [6, 6.07) is 36.1. The Kier molecular flexibility index (Phi) is 18.2. The fourth-order valence-corrected chi connectivity index (χ4v) is 10.2. The van der Waals surface area contributed by atoms with Gasteiger partial charge >= 0.3 is 0 Å². The molecule has 4 aromatic heterocycles. The second kappa shape index (κ2) is 26.7. The van der Waals surface area contributed by atoms with Crippen LogP contribution < -0.4 is 35.2 Å². The standard InChI is InChI=1S/C27H20N6O2.C17H14BrN5O.C10H7NO.C8H6BrNO.C3H4/c1-35-22-6-4-18-15-33(16-20(18)13-22)27-29-11-9-24(32-27)25-28-10-8-21(31-25)5-2-17-3-7-23-19(12-17)14-30-26(23)34;1-24-13-3-2-11-9-23(10-12(11)8-13)17-20-6-4-14(21-17)16-19-7-5-15(18)22-16;1-2-7-3-4-9-8(5-7)6-11-10(9)12;9-6-1-2-7-5(3-6)4-10-8(7)11;1-3-2/h3-4,6-13H,14-16H2,1H3,(H,30,34);2-8H,9-10H2,1H3;1,3-5H,6H2,(H,11,12);1-3H,4H2,(H,10,11);1H,2H3. The average molecular weight is 1250 g/mol. The first-order valence-electron chi connectivity index (χ1n) is 26.4. The highest BCUT2D eigenvalue weighted by Crippen LogP contribution is 2.32. The topological polar surface area (TPSA) is 215 Å². The van der Waals surface area contributed by atoms with Gasteiger partial charge in [-0.15, -0.1) is 18.8 Å². The van der Waals surface area contributed by atoms with Crippen LogP contribution in [-0.2, 0) is 45.8 Å². The molecule has 0 saturated carbocycles. The van der Waals surface area contributed by atoms with Crippen molar-refractivity contribution in [2.75, 3.05) is 24.0 Å². The molecule has 3 N–H and O–H groups in total. The molecule has 14 rings (SSSR count). The first-order chi connectivity index (χ1) is 41.4. The third-order valence-corrected chi connectivity index (χ3v) is 14.6. The van der Waals surface area contributed by atoms with Crippen LogP contribution in [-0.4, -0.2) is 71.8 Å². The molecule has 0 unspecified atom stereocenters. The summed E-state index contributed by atoms with van der Waals surface area (Å²) in [5, 5.41) is 8.30. The highest BCUT2D eigenvalue weighted by atomic mass is 79.9. The second-order valence-corrected chi connectivity index (χ2v) is 20.9. The number of nitrogens with one attached hydrogen (secondary N) is 3. The van der Waals surface area contributed by atoms with Crippen LogP contribution in [0.2, 0.25) is 0 Å². The van der Waals surface area contributed by atoms with Crippen LogP contribution in [0.5, 0.6) is 11.5 Å². The van der Waals surface area contributed by atoms with Crippen molar-refractivity contribution in [3.05, 3.63) is 222 Å². The predicted molar refractivity (Wildman–Crippen MR) is 329 cm³/mol. The molecule has 5 aliphatic rings. The van der Waals surface area contributed by atoms with Gasteiger partial charge < -0.3 is 35.2 Å². The third-order valence-electron chi connectivity index (χ3n) is 13.7. The summed E-state index contributed by atoms with van der Waals surface area (Å²) in [6.07, 6.45) is 16.7. The minimum atomic E-state index is -0.0401. The van der Waals surface area contributed by atoms with Gasteiger partial charge in [-0.25, -0.2) is 39.9 Å². The number of anilines is 2. The number of ether oxygens (including phenoxy) is 2. The number of carbonyl (C=O) groups excluding carboxylic acids is 3. The van der Waals surface area contributed by atoms with E-state index >= 15 is 0 Å². The number of benzene rings is 5. The third kappa shape index (κ3) is 14.0. The van der Waals surface area contributed by atoms with Gasteiger partial charge in [0.2, 0.25) is 11.9 Å². The summed E-state index contributed by atoms with van der Waals surface area (Å²) in [6.45, 7) is 6.43. The Balaban J connectivity index is 0.000000137. The van der Waals surface area contributed by atoms with Crippen LogP contribution in [0.1, 0.15) is 93.8 Å². The lowest BCUT2D eigenvalue weighted by Gasteiger charge is -2.15. The van der Waals surface area contributed by atoms with Gasteiger partial charge in [0.05, 0.1) is 14.2 Å². The number of terminal acetylenes is 2. The van der Waals surface area contributed by atoms with Crippen molar-refractivity contribution in [1.82, 2.24) is 55.8 Å². The first-order valence-corrected chi connectivity index (χ1v) is 28.0. The average Bonchev–Trinajstić information content (AvgIpc) is 4.59. The van der Waals surface area contributed by atoms with E-state index in [0.29, 0.717) is 72.4 Å². The SMILES string of the molecule is C#CC.C#Cc1ccc2c(c1)CNC2=O.COc1ccc2c(c1)CN(c1nccc(-c3nccc(Br)n3)n1)C2.COc1ccc2c(c1)CN(c1nccc(-c3nccc(C#Cc4ccc5c(c4)CNC5=O)n3)n1)C2.O=C1NCc2cc(Br)ccc21. The Hall–Kier alpha value is -10.3. The quantitative estimate of drug-likeness (QED) is 0.104. The van der Waals surface area contributed by atoms with Crippen molar-refractivity contribution in [2.45, 2.75) is 52.7 Å². The number of amides is 3. The van der Waals surface area contributed by atoms with Crippen LogP contribution in [0.4, 0.5) is 11.9 Å². The maximum Gasteiger partial charge on any atom is 0.251 e. The summed E-state index contributed by atoms with van der Waals surface area (Å²) in [4.78, 5) is 74.0. The molecule has 420 valence electrons. The lowest BCUT2D eigenvalue weighted by Crippen LogP contribution is -2.17. The molecule has 5 aliphatic heterocycles. The Labute approximate surface area is 507 Å². The molecule has 9 aromatic rings. The van der Waals surface area contributed by atoms with Crippen molar-refractivity contribution in [3.8, 4) is 71.1 Å². The molecule has 0 bridgehead atoms. The fourth-order valence-electron chi connectivity index (χ4n) is 9.51. The molecule has 85 heavy (non-hydrogen) atoms. The number of nitrogens with zero attached hydrogens (tertiary/aromatic N) is 10. The van der Waals surface area contributed by atoms with E-state index in [2.05, 4.69) is 147 Å². The molecule has 0 spiro atoms. The maximum atomic E-state index is 11.7. The lowest BCUT2D eigenvalue weighted by atomic mass is 10.1. The lowest BCUT2D eigenvalue weighted by molar-refractivity contribution is 0.0957. The van der Waals surface area contributed by atoms with Crippen LogP contribution >= 0.6 is 31.9 Å². The normalized spacial score (nSPS) is 13.1. The van der Waals surface area contributed by atoms with E-state index in [9.17, 15) is 14.4 Å². The number of fused-ring (bicyclic) bond motifs is 5. The molecule has 18 nitrogen and oxygen atoms in total. The van der Waals surface area contributed by atoms with Crippen LogP contribution in [0, 0.1) is 36.5 Å². The number of methoxy groups -OCH3 is 2. The van der Waals surface area contributed by atoms with Crippen molar-refractivity contribution < 1.29 is 23.9 Å². The fraction of sp³-hybridized carbons (Fsp3) is 0.154. The van der Waals surface area contributed by atoms with Gasteiger partial charge in [-0.3, -0.25) is 14.4 Å². The molecular weight excluding hydrogens is 1200 g/mol.